The number of fused-ring (bicyclic) bond motifs is 1. The smallest absolute Gasteiger partial charge is 0.323 e. The van der Waals surface area contributed by atoms with E-state index in [1.807, 2.05) is 19.1 Å². The van der Waals surface area contributed by atoms with Crippen molar-refractivity contribution in [3.05, 3.63) is 53.0 Å². The van der Waals surface area contributed by atoms with Gasteiger partial charge in [0.2, 0.25) is 0 Å². The first-order valence-corrected chi connectivity index (χ1v) is 6.59. The summed E-state index contributed by atoms with van der Waals surface area (Å²) in [7, 11) is 1.71. The Morgan fingerprint density at radius 3 is 2.71 bits per heavy atom. The summed E-state index contributed by atoms with van der Waals surface area (Å²) in [5.74, 6) is -0.894. The number of anilines is 1. The zero-order valence-corrected chi connectivity index (χ0v) is 12.2. The fourth-order valence-electron chi connectivity index (χ4n) is 2.22. The molecule has 0 unspecified atom stereocenters. The van der Waals surface area contributed by atoms with Gasteiger partial charge >= 0.3 is 5.97 Å². The topological polar surface area (TPSA) is 62.5 Å². The molecule has 0 atom stereocenters. The number of pyridine rings is 1. The van der Waals surface area contributed by atoms with Crippen LogP contribution in [-0.4, -0.2) is 29.2 Å². The molecule has 0 fully saturated rings. The summed E-state index contributed by atoms with van der Waals surface area (Å²) in [6.45, 7) is 6.10. The van der Waals surface area contributed by atoms with E-state index in [9.17, 15) is 9.59 Å². The van der Waals surface area contributed by atoms with Crippen LogP contribution in [0.25, 0.3) is 10.8 Å². The average molecular weight is 286 g/mol. The molecule has 5 heteroatoms. The lowest BCUT2D eigenvalue weighted by Crippen LogP contribution is -2.25. The Balaban J connectivity index is 2.44. The molecule has 0 bridgehead atoms. The molecule has 1 aromatic heterocycles. The molecule has 0 saturated carbocycles. The maximum Gasteiger partial charge on any atom is 0.323 e. The summed E-state index contributed by atoms with van der Waals surface area (Å²) >= 11 is 0. The van der Waals surface area contributed by atoms with Gasteiger partial charge in [0, 0.05) is 30.9 Å². The lowest BCUT2D eigenvalue weighted by molar-refractivity contribution is -0.135. The number of allylic oxidation sites excluding steroid dienone is 1. The molecule has 1 aromatic carbocycles. The number of hydrogen-bond donors (Lipinski definition) is 1. The van der Waals surface area contributed by atoms with Crippen molar-refractivity contribution in [2.75, 3.05) is 18.5 Å². The predicted octanol–water partition coefficient (Wildman–Crippen LogP) is 2.10. The number of hydrogen-bond acceptors (Lipinski definition) is 3. The van der Waals surface area contributed by atoms with Gasteiger partial charge in [0.25, 0.3) is 5.56 Å². The summed E-state index contributed by atoms with van der Waals surface area (Å²) in [5.41, 5.74) is 1.61. The summed E-state index contributed by atoms with van der Waals surface area (Å²) in [6, 6.07) is 7.18. The number of carboxylic acid groups (broad SMARTS) is 1. The monoisotopic (exact) mass is 286 g/mol. The molecule has 0 saturated heterocycles. The maximum atomic E-state index is 12.3. The number of nitrogens with zero attached hydrogens (tertiary/aromatic N) is 2. The van der Waals surface area contributed by atoms with Crippen LogP contribution in [0.4, 0.5) is 5.69 Å². The van der Waals surface area contributed by atoms with E-state index in [0.717, 1.165) is 16.6 Å². The molecule has 2 rings (SSSR count). The second-order valence-corrected chi connectivity index (χ2v) is 5.23. The third-order valence-corrected chi connectivity index (χ3v) is 3.21. The van der Waals surface area contributed by atoms with Gasteiger partial charge in [-0.1, -0.05) is 12.2 Å². The number of carboxylic acids is 1. The lowest BCUT2D eigenvalue weighted by Gasteiger charge is -2.17. The fourth-order valence-corrected chi connectivity index (χ4v) is 2.22. The van der Waals surface area contributed by atoms with Gasteiger partial charge in [-0.2, -0.15) is 0 Å². The first-order chi connectivity index (χ1) is 9.88. The summed E-state index contributed by atoms with van der Waals surface area (Å²) in [4.78, 5) is 24.7. The van der Waals surface area contributed by atoms with Crippen LogP contribution >= 0.6 is 0 Å². The van der Waals surface area contributed by atoms with E-state index in [4.69, 9.17) is 5.11 Å². The highest BCUT2D eigenvalue weighted by atomic mass is 16.4. The maximum absolute atomic E-state index is 12.3. The molecule has 1 N–H and O–H groups in total. The van der Waals surface area contributed by atoms with Gasteiger partial charge in [-0.15, -0.1) is 0 Å². The summed E-state index contributed by atoms with van der Waals surface area (Å²) in [6.07, 6.45) is 1.74. The normalized spacial score (nSPS) is 10.6. The Morgan fingerprint density at radius 1 is 1.38 bits per heavy atom. The molecule has 0 aliphatic heterocycles. The molecule has 0 spiro atoms. The van der Waals surface area contributed by atoms with E-state index in [1.54, 1.807) is 34.8 Å². The number of aliphatic carboxylic acids is 1. The molecule has 21 heavy (non-hydrogen) atoms. The summed E-state index contributed by atoms with van der Waals surface area (Å²) < 4.78 is 1.62. The highest BCUT2D eigenvalue weighted by Crippen LogP contribution is 2.19. The fraction of sp³-hybridized carbons (Fsp3) is 0.250. The van der Waals surface area contributed by atoms with Gasteiger partial charge in [-0.05, 0) is 36.6 Å². The van der Waals surface area contributed by atoms with E-state index in [1.165, 1.54) is 0 Å². The van der Waals surface area contributed by atoms with Crippen LogP contribution in [0, 0.1) is 0 Å². The first-order valence-electron chi connectivity index (χ1n) is 6.59. The minimum Gasteiger partial charge on any atom is -0.480 e. The lowest BCUT2D eigenvalue weighted by atomic mass is 10.1. The Morgan fingerprint density at radius 2 is 2.10 bits per heavy atom. The van der Waals surface area contributed by atoms with Crippen molar-refractivity contribution in [1.29, 1.82) is 0 Å². The Kier molecular flexibility index (Phi) is 4.12. The van der Waals surface area contributed by atoms with Gasteiger partial charge in [0.15, 0.2) is 0 Å². The van der Waals surface area contributed by atoms with Crippen LogP contribution in [0.3, 0.4) is 0 Å². The van der Waals surface area contributed by atoms with E-state index < -0.39 is 5.97 Å². The first kappa shape index (κ1) is 14.8. The van der Waals surface area contributed by atoms with E-state index in [-0.39, 0.29) is 12.1 Å². The third kappa shape index (κ3) is 3.31. The van der Waals surface area contributed by atoms with Crippen molar-refractivity contribution >= 4 is 22.4 Å². The second kappa shape index (κ2) is 5.83. The Bertz CT molecular complexity index is 762. The van der Waals surface area contributed by atoms with Crippen LogP contribution in [-0.2, 0) is 11.3 Å². The summed E-state index contributed by atoms with van der Waals surface area (Å²) in [5, 5.41) is 10.2. The van der Waals surface area contributed by atoms with Crippen LogP contribution in [0.15, 0.2) is 47.4 Å². The molecule has 2 aromatic rings. The third-order valence-electron chi connectivity index (χ3n) is 3.21. The van der Waals surface area contributed by atoms with Gasteiger partial charge in [-0.3, -0.25) is 9.59 Å². The van der Waals surface area contributed by atoms with Gasteiger partial charge < -0.3 is 14.6 Å². The molecule has 0 aliphatic rings. The molecular formula is C16H18N2O3. The van der Waals surface area contributed by atoms with Crippen LogP contribution < -0.4 is 10.5 Å². The number of likely N-dealkylation sites (N-methyl/N-ethyl adjacent to an activating group) is 1. The molecule has 1 heterocycles. The Hall–Kier alpha value is -2.56. The average Bonchev–Trinajstić information content (AvgIpc) is 2.40. The van der Waals surface area contributed by atoms with Crippen molar-refractivity contribution in [1.82, 2.24) is 4.57 Å². The zero-order valence-electron chi connectivity index (χ0n) is 12.2. The highest BCUT2D eigenvalue weighted by Gasteiger charge is 2.08. The molecule has 0 radical (unpaired) electrons. The molecule has 0 amide bonds. The number of aromatic nitrogens is 1. The van der Waals surface area contributed by atoms with Crippen molar-refractivity contribution < 1.29 is 9.90 Å². The second-order valence-electron chi connectivity index (χ2n) is 5.23. The van der Waals surface area contributed by atoms with Crippen molar-refractivity contribution in [3.8, 4) is 0 Å². The van der Waals surface area contributed by atoms with Crippen molar-refractivity contribution in [3.63, 3.8) is 0 Å². The molecule has 110 valence electrons. The largest absolute Gasteiger partial charge is 0.480 e. The van der Waals surface area contributed by atoms with Gasteiger partial charge in [0.1, 0.15) is 6.54 Å². The SMILES string of the molecule is C=C(C)Cn1ccc2cc(N(C)CC(=O)O)ccc2c1=O. The minimum atomic E-state index is -0.894. The quantitative estimate of drug-likeness (QED) is 0.855. The Labute approximate surface area is 122 Å². The standard InChI is InChI=1S/C16H18N2O3/c1-11(2)9-18-7-6-12-8-13(17(3)10-15(19)20)4-5-14(12)16(18)21/h4-8H,1,9-10H2,2-3H3,(H,19,20). The molecule has 5 nitrogen and oxygen atoms in total. The van der Waals surface area contributed by atoms with Crippen LogP contribution in [0.1, 0.15) is 6.92 Å². The highest BCUT2D eigenvalue weighted by molar-refractivity contribution is 5.85. The molecular weight excluding hydrogens is 268 g/mol. The van der Waals surface area contributed by atoms with E-state index >= 15 is 0 Å². The van der Waals surface area contributed by atoms with Crippen LogP contribution in [0.2, 0.25) is 0 Å². The minimum absolute atomic E-state index is 0.0667. The van der Waals surface area contributed by atoms with Crippen LogP contribution in [0.5, 0.6) is 0 Å². The number of carbonyl (C=O) groups is 1. The van der Waals surface area contributed by atoms with Gasteiger partial charge in [0.05, 0.1) is 0 Å². The van der Waals surface area contributed by atoms with E-state index in [0.29, 0.717) is 11.9 Å². The zero-order chi connectivity index (χ0) is 15.6. The predicted molar refractivity (Wildman–Crippen MR) is 83.9 cm³/mol. The number of benzene rings is 1. The number of rotatable bonds is 5. The van der Waals surface area contributed by atoms with Crippen molar-refractivity contribution in [2.24, 2.45) is 0 Å². The van der Waals surface area contributed by atoms with Gasteiger partial charge in [-0.25, -0.2) is 0 Å². The van der Waals surface area contributed by atoms with E-state index in [2.05, 4.69) is 6.58 Å². The van der Waals surface area contributed by atoms with Crippen molar-refractivity contribution in [2.45, 2.75) is 13.5 Å². The molecule has 0 aliphatic carbocycles.